The van der Waals surface area contributed by atoms with Gasteiger partial charge in [0.1, 0.15) is 0 Å². The number of aryl methyl sites for hydroxylation is 1. The van der Waals surface area contributed by atoms with Crippen LogP contribution in [0.25, 0.3) is 0 Å². The molecule has 0 aromatic heterocycles. The van der Waals surface area contributed by atoms with Gasteiger partial charge in [-0.15, -0.1) is 0 Å². The van der Waals surface area contributed by atoms with Gasteiger partial charge in [-0.3, -0.25) is 0 Å². The van der Waals surface area contributed by atoms with Crippen LogP contribution in [0.5, 0.6) is 0 Å². The third kappa shape index (κ3) is 7.17. The fraction of sp³-hybridized carbons (Fsp3) is 0.625. The first-order chi connectivity index (χ1) is 8.33. The van der Waals surface area contributed by atoms with Crippen molar-refractivity contribution in [1.82, 2.24) is 5.32 Å². The second-order valence-electron chi connectivity index (χ2n) is 4.93. The van der Waals surface area contributed by atoms with Gasteiger partial charge in [-0.25, -0.2) is 0 Å². The summed E-state index contributed by atoms with van der Waals surface area (Å²) in [4.78, 5) is 0. The molecular weight excluding hydrogens is 206 g/mol. The Bertz CT molecular complexity index is 276. The van der Waals surface area contributed by atoms with Crippen LogP contribution in [0, 0.1) is 6.92 Å². The number of benzene rings is 1. The molecular formula is C16H27N. The Morgan fingerprint density at radius 3 is 2.24 bits per heavy atom. The Kier molecular flexibility index (Phi) is 7.74. The minimum atomic E-state index is 1.01. The maximum absolute atomic E-state index is 3.51. The number of hydrogen-bond donors (Lipinski definition) is 1. The Morgan fingerprint density at radius 2 is 1.53 bits per heavy atom. The lowest BCUT2D eigenvalue weighted by molar-refractivity contribution is 0.572. The molecule has 17 heavy (non-hydrogen) atoms. The van der Waals surface area contributed by atoms with Crippen LogP contribution in [0.15, 0.2) is 24.3 Å². The average Bonchev–Trinajstić information content (AvgIpc) is 2.35. The van der Waals surface area contributed by atoms with E-state index in [1.54, 1.807) is 0 Å². The van der Waals surface area contributed by atoms with E-state index in [1.165, 1.54) is 49.7 Å². The maximum Gasteiger partial charge on any atom is 0.0205 e. The van der Waals surface area contributed by atoms with Gasteiger partial charge in [0.15, 0.2) is 0 Å². The summed E-state index contributed by atoms with van der Waals surface area (Å²) in [5.74, 6) is 0. The molecule has 0 spiro atoms. The van der Waals surface area contributed by atoms with Crippen LogP contribution in [0.3, 0.4) is 0 Å². The molecule has 0 amide bonds. The topological polar surface area (TPSA) is 12.0 Å². The predicted octanol–water partition coefficient (Wildman–Crippen LogP) is 4.45. The summed E-state index contributed by atoms with van der Waals surface area (Å²) in [5.41, 5.74) is 2.73. The van der Waals surface area contributed by atoms with Crippen LogP contribution in [-0.4, -0.2) is 6.54 Å². The van der Waals surface area contributed by atoms with Gasteiger partial charge in [0.05, 0.1) is 0 Å². The van der Waals surface area contributed by atoms with E-state index in [4.69, 9.17) is 0 Å². The third-order valence-corrected chi connectivity index (χ3v) is 3.16. The van der Waals surface area contributed by atoms with E-state index in [-0.39, 0.29) is 0 Å². The molecule has 1 N–H and O–H groups in total. The summed E-state index contributed by atoms with van der Waals surface area (Å²) in [5, 5.41) is 3.51. The summed E-state index contributed by atoms with van der Waals surface area (Å²) in [6, 6.07) is 8.79. The van der Waals surface area contributed by atoms with Crippen molar-refractivity contribution in [3.05, 3.63) is 35.4 Å². The predicted molar refractivity (Wildman–Crippen MR) is 76.3 cm³/mol. The highest BCUT2D eigenvalue weighted by atomic mass is 14.8. The number of rotatable bonds is 9. The Morgan fingerprint density at radius 1 is 0.882 bits per heavy atom. The van der Waals surface area contributed by atoms with Crippen LogP contribution in [0.4, 0.5) is 0 Å². The van der Waals surface area contributed by atoms with Gasteiger partial charge in [-0.2, -0.15) is 0 Å². The largest absolute Gasteiger partial charge is 0.313 e. The van der Waals surface area contributed by atoms with E-state index >= 15 is 0 Å². The molecule has 0 heterocycles. The molecule has 96 valence electrons. The van der Waals surface area contributed by atoms with E-state index < -0.39 is 0 Å². The van der Waals surface area contributed by atoms with Crippen LogP contribution < -0.4 is 5.32 Å². The zero-order valence-corrected chi connectivity index (χ0v) is 11.5. The lowest BCUT2D eigenvalue weighted by Gasteiger charge is -2.05. The summed E-state index contributed by atoms with van der Waals surface area (Å²) < 4.78 is 0. The fourth-order valence-electron chi connectivity index (χ4n) is 1.97. The molecule has 1 rings (SSSR count). The first-order valence-electron chi connectivity index (χ1n) is 7.09. The van der Waals surface area contributed by atoms with E-state index in [0.717, 1.165) is 13.1 Å². The first-order valence-corrected chi connectivity index (χ1v) is 7.09. The molecule has 1 heteroatoms. The van der Waals surface area contributed by atoms with E-state index in [9.17, 15) is 0 Å². The highest BCUT2D eigenvalue weighted by Gasteiger charge is 1.93. The molecule has 1 aromatic carbocycles. The lowest BCUT2D eigenvalue weighted by Crippen LogP contribution is -2.14. The average molecular weight is 233 g/mol. The highest BCUT2D eigenvalue weighted by molar-refractivity contribution is 5.20. The molecule has 0 saturated carbocycles. The van der Waals surface area contributed by atoms with Gasteiger partial charge in [0.25, 0.3) is 0 Å². The molecule has 1 nitrogen and oxygen atoms in total. The van der Waals surface area contributed by atoms with Crippen LogP contribution in [-0.2, 0) is 6.54 Å². The van der Waals surface area contributed by atoms with E-state index in [0.29, 0.717) is 0 Å². The molecule has 0 aliphatic carbocycles. The van der Waals surface area contributed by atoms with Crippen LogP contribution in [0.2, 0.25) is 0 Å². The molecule has 0 saturated heterocycles. The fourth-order valence-corrected chi connectivity index (χ4v) is 1.97. The summed E-state index contributed by atoms with van der Waals surface area (Å²) in [6.07, 6.45) is 8.24. The normalized spacial score (nSPS) is 10.7. The molecule has 0 bridgehead atoms. The van der Waals surface area contributed by atoms with Crippen molar-refractivity contribution in [2.75, 3.05) is 6.54 Å². The zero-order chi connectivity index (χ0) is 12.3. The Balaban J connectivity index is 1.95. The maximum atomic E-state index is 3.51. The van der Waals surface area contributed by atoms with Crippen molar-refractivity contribution >= 4 is 0 Å². The standard InChI is InChI=1S/C16H27N/c1-3-4-5-6-7-8-13-17-14-16-11-9-15(2)10-12-16/h9-12,17H,3-8,13-14H2,1-2H3. The molecule has 0 aliphatic heterocycles. The number of nitrogens with one attached hydrogen (secondary N) is 1. The third-order valence-electron chi connectivity index (χ3n) is 3.16. The van der Waals surface area contributed by atoms with Crippen molar-refractivity contribution < 1.29 is 0 Å². The summed E-state index contributed by atoms with van der Waals surface area (Å²) >= 11 is 0. The molecule has 0 fully saturated rings. The molecule has 1 aromatic rings. The lowest BCUT2D eigenvalue weighted by atomic mass is 10.1. The second kappa shape index (κ2) is 9.23. The Hall–Kier alpha value is -0.820. The number of hydrogen-bond acceptors (Lipinski definition) is 1. The minimum Gasteiger partial charge on any atom is -0.313 e. The molecule has 0 radical (unpaired) electrons. The van der Waals surface area contributed by atoms with Gasteiger partial charge in [-0.05, 0) is 25.5 Å². The smallest absolute Gasteiger partial charge is 0.0205 e. The van der Waals surface area contributed by atoms with Crippen LogP contribution >= 0.6 is 0 Å². The quantitative estimate of drug-likeness (QED) is 0.622. The van der Waals surface area contributed by atoms with Crippen molar-refractivity contribution in [3.8, 4) is 0 Å². The van der Waals surface area contributed by atoms with E-state index in [1.807, 2.05) is 0 Å². The Labute approximate surface area is 107 Å². The molecule has 0 unspecified atom stereocenters. The van der Waals surface area contributed by atoms with Gasteiger partial charge in [0, 0.05) is 6.54 Å². The monoisotopic (exact) mass is 233 g/mol. The summed E-state index contributed by atoms with van der Waals surface area (Å²) in [6.45, 7) is 6.56. The van der Waals surface area contributed by atoms with Crippen LogP contribution in [0.1, 0.15) is 56.6 Å². The van der Waals surface area contributed by atoms with Crippen molar-refractivity contribution in [2.45, 2.75) is 58.9 Å². The SMILES string of the molecule is CCCCCCCCNCc1ccc(C)cc1. The number of unbranched alkanes of at least 4 members (excludes halogenated alkanes) is 5. The van der Waals surface area contributed by atoms with Gasteiger partial charge in [0.2, 0.25) is 0 Å². The van der Waals surface area contributed by atoms with Crippen molar-refractivity contribution in [1.29, 1.82) is 0 Å². The molecule has 0 atom stereocenters. The van der Waals surface area contributed by atoms with E-state index in [2.05, 4.69) is 43.4 Å². The van der Waals surface area contributed by atoms with Crippen molar-refractivity contribution in [2.24, 2.45) is 0 Å². The minimum absolute atomic E-state index is 1.01. The molecule has 0 aliphatic rings. The first kappa shape index (κ1) is 14.2. The zero-order valence-electron chi connectivity index (χ0n) is 11.5. The highest BCUT2D eigenvalue weighted by Crippen LogP contribution is 2.05. The second-order valence-corrected chi connectivity index (χ2v) is 4.93. The van der Waals surface area contributed by atoms with Crippen molar-refractivity contribution in [3.63, 3.8) is 0 Å². The van der Waals surface area contributed by atoms with Gasteiger partial charge < -0.3 is 5.32 Å². The van der Waals surface area contributed by atoms with Gasteiger partial charge in [-0.1, -0.05) is 68.9 Å². The van der Waals surface area contributed by atoms with Gasteiger partial charge >= 0.3 is 0 Å². The summed E-state index contributed by atoms with van der Waals surface area (Å²) in [7, 11) is 0.